The predicted molar refractivity (Wildman–Crippen MR) is 43.1 cm³/mol. The molecule has 0 aliphatic carbocycles. The Balaban J connectivity index is 2.69. The lowest BCUT2D eigenvalue weighted by molar-refractivity contribution is 1.15. The van der Waals surface area contributed by atoms with Crippen LogP contribution in [0.5, 0.6) is 0 Å². The van der Waals surface area contributed by atoms with Crippen molar-refractivity contribution in [3.63, 3.8) is 0 Å². The van der Waals surface area contributed by atoms with Crippen LogP contribution in [0.15, 0.2) is 18.3 Å². The molecule has 54 valence electrons. The molecule has 1 aromatic heterocycles. The van der Waals surface area contributed by atoms with Crippen molar-refractivity contribution in [2.75, 3.05) is 11.9 Å². The van der Waals surface area contributed by atoms with E-state index in [1.807, 2.05) is 25.3 Å². The summed E-state index contributed by atoms with van der Waals surface area (Å²) in [5, 5.41) is 3.12. The minimum atomic E-state index is 0.927. The Morgan fingerprint density at radius 1 is 1.50 bits per heavy atom. The lowest BCUT2D eigenvalue weighted by Gasteiger charge is -2.00. The van der Waals surface area contributed by atoms with Gasteiger partial charge < -0.3 is 5.32 Å². The third-order valence-electron chi connectivity index (χ3n) is 1.27. The number of rotatable bonds is 2. The van der Waals surface area contributed by atoms with Crippen molar-refractivity contribution >= 4 is 5.82 Å². The molecule has 0 atom stereocenters. The maximum Gasteiger partial charge on any atom is 0.125 e. The normalized spacial score (nSPS) is 9.40. The zero-order chi connectivity index (χ0) is 7.40. The van der Waals surface area contributed by atoms with Crippen molar-refractivity contribution in [3.8, 4) is 0 Å². The van der Waals surface area contributed by atoms with Gasteiger partial charge in [0, 0.05) is 12.7 Å². The van der Waals surface area contributed by atoms with Gasteiger partial charge in [0.1, 0.15) is 5.82 Å². The first-order chi connectivity index (χ1) is 4.83. The van der Waals surface area contributed by atoms with Crippen LogP contribution >= 0.6 is 0 Å². The Bertz CT molecular complexity index is 191. The van der Waals surface area contributed by atoms with E-state index in [-0.39, 0.29) is 0 Å². The Hall–Kier alpha value is -1.05. The summed E-state index contributed by atoms with van der Waals surface area (Å²) >= 11 is 0. The molecule has 2 heteroatoms. The largest absolute Gasteiger partial charge is 0.370 e. The van der Waals surface area contributed by atoms with Crippen molar-refractivity contribution in [1.82, 2.24) is 4.98 Å². The lowest BCUT2D eigenvalue weighted by atomic mass is 10.3. The van der Waals surface area contributed by atoms with Gasteiger partial charge in [-0.05, 0) is 25.5 Å². The molecule has 0 fully saturated rings. The van der Waals surface area contributed by atoms with E-state index in [2.05, 4.69) is 17.2 Å². The molecule has 1 N–H and O–H groups in total. The molecule has 10 heavy (non-hydrogen) atoms. The second-order valence-electron chi connectivity index (χ2n) is 2.25. The summed E-state index contributed by atoms with van der Waals surface area (Å²) in [6, 6.07) is 4.03. The number of hydrogen-bond acceptors (Lipinski definition) is 2. The van der Waals surface area contributed by atoms with Crippen LogP contribution in [0.3, 0.4) is 0 Å². The minimum absolute atomic E-state index is 0.927. The first-order valence-corrected chi connectivity index (χ1v) is 3.49. The topological polar surface area (TPSA) is 24.9 Å². The van der Waals surface area contributed by atoms with Gasteiger partial charge in [-0.1, -0.05) is 6.07 Å². The number of aryl methyl sites for hydroxylation is 1. The average molecular weight is 136 g/mol. The molecular formula is C8H12N2. The minimum Gasteiger partial charge on any atom is -0.370 e. The molecule has 0 saturated heterocycles. The number of anilines is 1. The highest BCUT2D eigenvalue weighted by atomic mass is 15.0. The molecule has 1 rings (SSSR count). The highest BCUT2D eigenvalue weighted by Crippen LogP contribution is 2.02. The smallest absolute Gasteiger partial charge is 0.125 e. The summed E-state index contributed by atoms with van der Waals surface area (Å²) in [5.41, 5.74) is 1.20. The van der Waals surface area contributed by atoms with Crippen molar-refractivity contribution < 1.29 is 0 Å². The molecule has 0 saturated carbocycles. The number of nitrogens with zero attached hydrogens (tertiary/aromatic N) is 1. The van der Waals surface area contributed by atoms with Gasteiger partial charge in [0.2, 0.25) is 0 Å². The van der Waals surface area contributed by atoms with Crippen LogP contribution in [-0.2, 0) is 0 Å². The van der Waals surface area contributed by atoms with Gasteiger partial charge in [-0.2, -0.15) is 0 Å². The van der Waals surface area contributed by atoms with Crippen molar-refractivity contribution in [1.29, 1.82) is 0 Å². The van der Waals surface area contributed by atoms with Crippen LogP contribution in [0, 0.1) is 6.92 Å². The van der Waals surface area contributed by atoms with E-state index >= 15 is 0 Å². The van der Waals surface area contributed by atoms with Gasteiger partial charge in [0.05, 0.1) is 0 Å². The van der Waals surface area contributed by atoms with E-state index in [1.54, 1.807) is 0 Å². The maximum absolute atomic E-state index is 4.16. The first-order valence-electron chi connectivity index (χ1n) is 3.49. The predicted octanol–water partition coefficient (Wildman–Crippen LogP) is 1.82. The molecule has 0 amide bonds. The van der Waals surface area contributed by atoms with E-state index in [4.69, 9.17) is 0 Å². The Labute approximate surface area is 61.3 Å². The molecule has 1 aromatic rings. The van der Waals surface area contributed by atoms with Crippen molar-refractivity contribution in [2.24, 2.45) is 0 Å². The van der Waals surface area contributed by atoms with Gasteiger partial charge in [0.15, 0.2) is 0 Å². The molecule has 0 radical (unpaired) electrons. The van der Waals surface area contributed by atoms with Crippen LogP contribution in [0.2, 0.25) is 0 Å². The van der Waals surface area contributed by atoms with Gasteiger partial charge in [-0.3, -0.25) is 0 Å². The quantitative estimate of drug-likeness (QED) is 0.670. The standard InChI is InChI=1S/C8H12N2/c1-3-9-8-5-4-7(2)6-10-8/h4-6H,3H2,1-2H3,(H,9,10). The van der Waals surface area contributed by atoms with Gasteiger partial charge in [-0.25, -0.2) is 4.98 Å². The van der Waals surface area contributed by atoms with Crippen LogP contribution in [0.1, 0.15) is 12.5 Å². The Kier molecular flexibility index (Phi) is 2.26. The van der Waals surface area contributed by atoms with Crippen LogP contribution < -0.4 is 5.32 Å². The molecule has 0 aliphatic heterocycles. The van der Waals surface area contributed by atoms with Gasteiger partial charge >= 0.3 is 0 Å². The molecule has 0 aromatic carbocycles. The summed E-state index contributed by atoms with van der Waals surface area (Å²) in [7, 11) is 0. The third kappa shape index (κ3) is 1.72. The molecule has 0 spiro atoms. The second kappa shape index (κ2) is 3.20. The summed E-state index contributed by atoms with van der Waals surface area (Å²) in [6.07, 6.45) is 1.86. The Morgan fingerprint density at radius 2 is 2.30 bits per heavy atom. The van der Waals surface area contributed by atoms with Crippen LogP contribution in [0.25, 0.3) is 0 Å². The number of pyridine rings is 1. The number of aromatic nitrogens is 1. The van der Waals surface area contributed by atoms with Gasteiger partial charge in [-0.15, -0.1) is 0 Å². The molecule has 1 heterocycles. The van der Waals surface area contributed by atoms with E-state index in [9.17, 15) is 0 Å². The zero-order valence-electron chi connectivity index (χ0n) is 6.39. The fraction of sp³-hybridized carbons (Fsp3) is 0.375. The molecule has 0 bridgehead atoms. The summed E-state index contributed by atoms with van der Waals surface area (Å²) in [4.78, 5) is 4.16. The number of nitrogens with one attached hydrogen (secondary N) is 1. The van der Waals surface area contributed by atoms with Crippen LogP contribution in [0.4, 0.5) is 5.82 Å². The molecule has 2 nitrogen and oxygen atoms in total. The van der Waals surface area contributed by atoms with Crippen LogP contribution in [-0.4, -0.2) is 11.5 Å². The molecular weight excluding hydrogens is 124 g/mol. The summed E-state index contributed by atoms with van der Waals surface area (Å²) in [5.74, 6) is 0.952. The highest BCUT2D eigenvalue weighted by Gasteiger charge is 1.87. The molecule has 0 unspecified atom stereocenters. The zero-order valence-corrected chi connectivity index (χ0v) is 6.39. The van der Waals surface area contributed by atoms with E-state index < -0.39 is 0 Å². The summed E-state index contributed by atoms with van der Waals surface area (Å²) < 4.78 is 0. The average Bonchev–Trinajstić information content (AvgIpc) is 1.95. The van der Waals surface area contributed by atoms with E-state index in [0.29, 0.717) is 0 Å². The highest BCUT2D eigenvalue weighted by molar-refractivity contribution is 5.34. The molecule has 0 aliphatic rings. The monoisotopic (exact) mass is 136 g/mol. The van der Waals surface area contributed by atoms with Crippen molar-refractivity contribution in [3.05, 3.63) is 23.9 Å². The second-order valence-corrected chi connectivity index (χ2v) is 2.25. The first kappa shape index (κ1) is 7.06. The number of hydrogen-bond donors (Lipinski definition) is 1. The lowest BCUT2D eigenvalue weighted by Crippen LogP contribution is -1.98. The van der Waals surface area contributed by atoms with E-state index in [1.165, 1.54) is 5.56 Å². The summed E-state index contributed by atoms with van der Waals surface area (Å²) in [6.45, 7) is 5.01. The van der Waals surface area contributed by atoms with Crippen molar-refractivity contribution in [2.45, 2.75) is 13.8 Å². The fourth-order valence-corrected chi connectivity index (χ4v) is 0.753. The van der Waals surface area contributed by atoms with E-state index in [0.717, 1.165) is 12.4 Å². The fourth-order valence-electron chi connectivity index (χ4n) is 0.753. The SMILES string of the molecule is CCNc1ccc(C)cn1. The maximum atomic E-state index is 4.16. The third-order valence-corrected chi connectivity index (χ3v) is 1.27. The van der Waals surface area contributed by atoms with Gasteiger partial charge in [0.25, 0.3) is 0 Å². The Morgan fingerprint density at radius 3 is 2.80 bits per heavy atom.